The molecule has 1 N–H and O–H groups in total. The lowest BCUT2D eigenvalue weighted by Gasteiger charge is -2.11. The van der Waals surface area contributed by atoms with Gasteiger partial charge in [-0.2, -0.15) is 0 Å². The zero-order valence-electron chi connectivity index (χ0n) is 10.8. The Kier molecular flexibility index (Phi) is 6.30. The van der Waals surface area contributed by atoms with Crippen LogP contribution in [0.4, 0.5) is 0 Å². The first-order valence-corrected chi connectivity index (χ1v) is 6.41. The lowest BCUT2D eigenvalue weighted by Crippen LogP contribution is -2.29. The largest absolute Gasteiger partial charge is 0.350 e. The van der Waals surface area contributed by atoms with E-state index in [-0.39, 0.29) is 11.8 Å². The van der Waals surface area contributed by atoms with Crippen LogP contribution in [0.25, 0.3) is 0 Å². The molecule has 0 aliphatic carbocycles. The predicted octanol–water partition coefficient (Wildman–Crippen LogP) is 2.91. The van der Waals surface area contributed by atoms with Crippen molar-refractivity contribution >= 4 is 5.91 Å². The van der Waals surface area contributed by atoms with Crippen LogP contribution in [0.3, 0.4) is 0 Å². The van der Waals surface area contributed by atoms with Crippen molar-refractivity contribution < 1.29 is 4.79 Å². The highest BCUT2D eigenvalue weighted by molar-refractivity contribution is 5.78. The van der Waals surface area contributed by atoms with Crippen LogP contribution in [0.1, 0.15) is 45.2 Å². The van der Waals surface area contributed by atoms with E-state index in [0.29, 0.717) is 6.54 Å². The first kappa shape index (κ1) is 13.7. The van der Waals surface area contributed by atoms with Gasteiger partial charge in [-0.25, -0.2) is 0 Å². The summed E-state index contributed by atoms with van der Waals surface area (Å²) >= 11 is 0. The maximum atomic E-state index is 11.8. The maximum Gasteiger partial charge on any atom is 0.223 e. The molecule has 0 unspecified atom stereocenters. The smallest absolute Gasteiger partial charge is 0.223 e. The molecule has 0 spiro atoms. The lowest BCUT2D eigenvalue weighted by atomic mass is 10.0. The fraction of sp³-hybridized carbons (Fsp3) is 0.571. The number of unbranched alkanes of at least 4 members (excludes halogenated alkanes) is 2. The highest BCUT2D eigenvalue weighted by atomic mass is 16.1. The summed E-state index contributed by atoms with van der Waals surface area (Å²) in [6.45, 7) is 4.69. The van der Waals surface area contributed by atoms with Crippen molar-refractivity contribution in [2.45, 2.75) is 46.1 Å². The Morgan fingerprint density at radius 1 is 1.41 bits per heavy atom. The number of rotatable bonds is 7. The van der Waals surface area contributed by atoms with Crippen LogP contribution in [0.15, 0.2) is 24.4 Å². The Labute approximate surface area is 104 Å². The second kappa shape index (κ2) is 7.82. The van der Waals surface area contributed by atoms with E-state index in [2.05, 4.69) is 17.2 Å². The van der Waals surface area contributed by atoms with Gasteiger partial charge in [0, 0.05) is 12.1 Å². The van der Waals surface area contributed by atoms with Gasteiger partial charge >= 0.3 is 0 Å². The first-order chi connectivity index (χ1) is 8.24. The van der Waals surface area contributed by atoms with Gasteiger partial charge in [-0.15, -0.1) is 0 Å². The minimum absolute atomic E-state index is 0.102. The van der Waals surface area contributed by atoms with Gasteiger partial charge in [0.25, 0.3) is 0 Å². The Morgan fingerprint density at radius 3 is 2.88 bits per heavy atom. The van der Waals surface area contributed by atoms with E-state index in [1.807, 2.05) is 25.1 Å². The van der Waals surface area contributed by atoms with Crippen molar-refractivity contribution in [2.24, 2.45) is 5.92 Å². The number of nitrogens with one attached hydrogen (secondary N) is 1. The summed E-state index contributed by atoms with van der Waals surface area (Å²) in [7, 11) is 0. The quantitative estimate of drug-likeness (QED) is 0.737. The van der Waals surface area contributed by atoms with Gasteiger partial charge in [-0.3, -0.25) is 9.78 Å². The molecule has 0 aliphatic rings. The van der Waals surface area contributed by atoms with Gasteiger partial charge < -0.3 is 5.32 Å². The Balaban J connectivity index is 2.24. The topological polar surface area (TPSA) is 42.0 Å². The van der Waals surface area contributed by atoms with E-state index in [0.717, 1.165) is 18.5 Å². The molecule has 1 aromatic rings. The predicted molar refractivity (Wildman–Crippen MR) is 69.4 cm³/mol. The van der Waals surface area contributed by atoms with Crippen LogP contribution in [-0.4, -0.2) is 10.9 Å². The molecule has 94 valence electrons. The molecular weight excluding hydrogens is 212 g/mol. The van der Waals surface area contributed by atoms with Gasteiger partial charge in [0.05, 0.1) is 12.2 Å². The minimum Gasteiger partial charge on any atom is -0.350 e. The van der Waals surface area contributed by atoms with Gasteiger partial charge in [-0.05, 0) is 18.6 Å². The van der Waals surface area contributed by atoms with E-state index in [4.69, 9.17) is 0 Å². The van der Waals surface area contributed by atoms with Crippen molar-refractivity contribution in [3.05, 3.63) is 30.1 Å². The van der Waals surface area contributed by atoms with Gasteiger partial charge in [0.1, 0.15) is 0 Å². The van der Waals surface area contributed by atoms with E-state index in [9.17, 15) is 4.79 Å². The van der Waals surface area contributed by atoms with Crippen LogP contribution in [0.5, 0.6) is 0 Å². The first-order valence-electron chi connectivity index (χ1n) is 6.41. The van der Waals surface area contributed by atoms with Crippen LogP contribution < -0.4 is 5.32 Å². The fourth-order valence-electron chi connectivity index (χ4n) is 1.69. The molecule has 0 bridgehead atoms. The number of pyridine rings is 1. The third kappa shape index (κ3) is 5.48. The number of aromatic nitrogens is 1. The second-order valence-corrected chi connectivity index (χ2v) is 4.44. The third-order valence-corrected chi connectivity index (χ3v) is 2.86. The molecule has 3 heteroatoms. The average molecular weight is 234 g/mol. The number of nitrogens with zero attached hydrogens (tertiary/aromatic N) is 1. The second-order valence-electron chi connectivity index (χ2n) is 4.44. The number of hydrogen-bond donors (Lipinski definition) is 1. The molecule has 0 radical (unpaired) electrons. The van der Waals surface area contributed by atoms with E-state index in [1.54, 1.807) is 6.20 Å². The molecule has 1 amide bonds. The molecule has 1 heterocycles. The summed E-state index contributed by atoms with van der Waals surface area (Å²) in [5.74, 6) is 0.233. The molecule has 0 aliphatic heterocycles. The highest BCUT2D eigenvalue weighted by Crippen LogP contribution is 2.09. The molecule has 0 saturated heterocycles. The summed E-state index contributed by atoms with van der Waals surface area (Å²) in [6.07, 6.45) is 6.25. The normalized spacial score (nSPS) is 12.1. The van der Waals surface area contributed by atoms with Crippen molar-refractivity contribution in [3.63, 3.8) is 0 Å². The average Bonchev–Trinajstić information content (AvgIpc) is 2.37. The van der Waals surface area contributed by atoms with Crippen molar-refractivity contribution in [1.29, 1.82) is 0 Å². The molecule has 0 fully saturated rings. The van der Waals surface area contributed by atoms with E-state index < -0.39 is 0 Å². The fourth-order valence-corrected chi connectivity index (χ4v) is 1.69. The van der Waals surface area contributed by atoms with Crippen LogP contribution >= 0.6 is 0 Å². The summed E-state index contributed by atoms with van der Waals surface area (Å²) in [5, 5.41) is 2.92. The molecule has 3 nitrogen and oxygen atoms in total. The summed E-state index contributed by atoms with van der Waals surface area (Å²) in [6, 6.07) is 5.72. The summed E-state index contributed by atoms with van der Waals surface area (Å²) in [4.78, 5) is 15.9. The van der Waals surface area contributed by atoms with Crippen molar-refractivity contribution in [3.8, 4) is 0 Å². The molecule has 0 saturated carbocycles. The Hall–Kier alpha value is -1.38. The highest BCUT2D eigenvalue weighted by Gasteiger charge is 2.11. The number of amides is 1. The van der Waals surface area contributed by atoms with Crippen molar-refractivity contribution in [2.75, 3.05) is 0 Å². The monoisotopic (exact) mass is 234 g/mol. The molecular formula is C14H22N2O. The molecule has 1 atom stereocenters. The molecule has 0 aromatic carbocycles. The zero-order chi connectivity index (χ0) is 12.5. The lowest BCUT2D eigenvalue weighted by molar-refractivity contribution is -0.124. The van der Waals surface area contributed by atoms with Gasteiger partial charge in [-0.1, -0.05) is 39.2 Å². The Morgan fingerprint density at radius 2 is 2.24 bits per heavy atom. The summed E-state index contributed by atoms with van der Waals surface area (Å²) < 4.78 is 0. The van der Waals surface area contributed by atoms with Crippen LogP contribution in [-0.2, 0) is 11.3 Å². The molecule has 17 heavy (non-hydrogen) atoms. The maximum absolute atomic E-state index is 11.8. The standard InChI is InChI=1S/C14H22N2O/c1-3-4-5-8-12(2)14(17)16-11-13-9-6-7-10-15-13/h6-7,9-10,12H,3-5,8,11H2,1-2H3,(H,16,17)/t12-/m0/s1. The molecule has 1 rings (SSSR count). The van der Waals surface area contributed by atoms with E-state index in [1.165, 1.54) is 12.8 Å². The number of carbonyl (C=O) groups is 1. The zero-order valence-corrected chi connectivity index (χ0v) is 10.8. The summed E-state index contributed by atoms with van der Waals surface area (Å²) in [5.41, 5.74) is 0.904. The number of hydrogen-bond acceptors (Lipinski definition) is 2. The van der Waals surface area contributed by atoms with Gasteiger partial charge in [0.2, 0.25) is 5.91 Å². The SMILES string of the molecule is CCCCC[C@H](C)C(=O)NCc1ccccn1. The molecule has 1 aromatic heterocycles. The third-order valence-electron chi connectivity index (χ3n) is 2.86. The number of carbonyl (C=O) groups excluding carboxylic acids is 1. The van der Waals surface area contributed by atoms with Crippen LogP contribution in [0.2, 0.25) is 0 Å². The Bertz CT molecular complexity index is 324. The van der Waals surface area contributed by atoms with Crippen LogP contribution in [0, 0.1) is 5.92 Å². The minimum atomic E-state index is 0.102. The van der Waals surface area contributed by atoms with Crippen molar-refractivity contribution in [1.82, 2.24) is 10.3 Å². The van der Waals surface area contributed by atoms with Gasteiger partial charge in [0.15, 0.2) is 0 Å². The van der Waals surface area contributed by atoms with E-state index >= 15 is 0 Å².